The molecule has 0 bridgehead atoms. The molecule has 160 valence electrons. The minimum atomic E-state index is -0.161. The third kappa shape index (κ3) is 5.03. The van der Waals surface area contributed by atoms with Crippen LogP contribution in [0.5, 0.6) is 23.0 Å². The highest BCUT2D eigenvalue weighted by atomic mass is 16.5. The summed E-state index contributed by atoms with van der Waals surface area (Å²) < 4.78 is 23.1. The fraction of sp³-hybridized carbons (Fsp3) is 0.391. The lowest BCUT2D eigenvalue weighted by Crippen LogP contribution is -2.23. The van der Waals surface area contributed by atoms with E-state index in [2.05, 4.69) is 5.10 Å². The van der Waals surface area contributed by atoms with Crippen molar-refractivity contribution < 1.29 is 18.9 Å². The summed E-state index contributed by atoms with van der Waals surface area (Å²) >= 11 is 0. The largest absolute Gasteiger partial charge is 0.497 e. The Bertz CT molecular complexity index is 1010. The summed E-state index contributed by atoms with van der Waals surface area (Å²) in [6.07, 6.45) is 5.54. The Kier molecular flexibility index (Phi) is 7.54. The minimum absolute atomic E-state index is 0.161. The SMILES string of the molecule is COc1ccc(OCCCCCCn2ncc3ccc(OC)c(OC)c3c2=O)cc1. The van der Waals surface area contributed by atoms with Crippen LogP contribution in [0.1, 0.15) is 25.7 Å². The van der Waals surface area contributed by atoms with E-state index in [9.17, 15) is 4.79 Å². The standard InChI is InChI=1S/C23H28N2O5/c1-27-18-9-11-19(12-10-18)30-15-7-5-4-6-14-25-23(26)21-17(16-24-25)8-13-20(28-2)22(21)29-3/h8-13,16H,4-7,14-15H2,1-3H3. The van der Waals surface area contributed by atoms with Crippen LogP contribution in [0.25, 0.3) is 10.8 Å². The second-order valence-electron chi connectivity index (χ2n) is 6.88. The van der Waals surface area contributed by atoms with E-state index in [0.717, 1.165) is 42.6 Å². The van der Waals surface area contributed by atoms with Gasteiger partial charge in [0.2, 0.25) is 0 Å². The summed E-state index contributed by atoms with van der Waals surface area (Å²) in [6, 6.07) is 11.2. The molecule has 0 N–H and O–H groups in total. The molecule has 0 radical (unpaired) electrons. The first-order valence-corrected chi connectivity index (χ1v) is 10.1. The van der Waals surface area contributed by atoms with Gasteiger partial charge in [-0.25, -0.2) is 4.68 Å². The van der Waals surface area contributed by atoms with Crippen LogP contribution in [0, 0.1) is 0 Å². The van der Waals surface area contributed by atoms with Crippen molar-refractivity contribution >= 4 is 10.8 Å². The maximum atomic E-state index is 12.9. The van der Waals surface area contributed by atoms with Gasteiger partial charge in [-0.15, -0.1) is 0 Å². The maximum absolute atomic E-state index is 12.9. The molecule has 1 aromatic heterocycles. The van der Waals surface area contributed by atoms with Gasteiger partial charge in [-0.05, 0) is 55.7 Å². The lowest BCUT2D eigenvalue weighted by atomic mass is 10.1. The summed E-state index contributed by atoms with van der Waals surface area (Å²) in [5.74, 6) is 2.64. The maximum Gasteiger partial charge on any atom is 0.278 e. The smallest absolute Gasteiger partial charge is 0.278 e. The highest BCUT2D eigenvalue weighted by Gasteiger charge is 2.14. The Morgan fingerprint density at radius 2 is 1.57 bits per heavy atom. The van der Waals surface area contributed by atoms with Crippen molar-refractivity contribution in [2.45, 2.75) is 32.2 Å². The van der Waals surface area contributed by atoms with Crippen LogP contribution in [-0.4, -0.2) is 37.7 Å². The van der Waals surface area contributed by atoms with E-state index in [-0.39, 0.29) is 5.56 Å². The van der Waals surface area contributed by atoms with Crippen molar-refractivity contribution in [1.82, 2.24) is 9.78 Å². The molecular formula is C23H28N2O5. The van der Waals surface area contributed by atoms with Crippen LogP contribution < -0.4 is 24.5 Å². The van der Waals surface area contributed by atoms with E-state index in [1.165, 1.54) is 11.8 Å². The molecule has 0 atom stereocenters. The molecule has 0 aliphatic heterocycles. The summed E-state index contributed by atoms with van der Waals surface area (Å²) in [5, 5.41) is 5.54. The Morgan fingerprint density at radius 3 is 2.27 bits per heavy atom. The van der Waals surface area contributed by atoms with Gasteiger partial charge in [0.05, 0.1) is 39.5 Å². The van der Waals surface area contributed by atoms with Crippen LogP contribution in [0.2, 0.25) is 0 Å². The second-order valence-corrected chi connectivity index (χ2v) is 6.88. The van der Waals surface area contributed by atoms with Crippen LogP contribution in [-0.2, 0) is 6.54 Å². The molecular weight excluding hydrogens is 384 g/mol. The van der Waals surface area contributed by atoms with Crippen LogP contribution in [0.15, 0.2) is 47.4 Å². The summed E-state index contributed by atoms with van der Waals surface area (Å²) in [6.45, 7) is 1.23. The van der Waals surface area contributed by atoms with Gasteiger partial charge in [-0.3, -0.25) is 4.79 Å². The van der Waals surface area contributed by atoms with Gasteiger partial charge in [0, 0.05) is 11.9 Å². The zero-order valence-corrected chi connectivity index (χ0v) is 17.7. The first-order valence-electron chi connectivity index (χ1n) is 10.1. The summed E-state index contributed by atoms with van der Waals surface area (Å²) in [4.78, 5) is 12.9. The van der Waals surface area contributed by atoms with E-state index < -0.39 is 0 Å². The molecule has 0 unspecified atom stereocenters. The fourth-order valence-corrected chi connectivity index (χ4v) is 3.32. The number of benzene rings is 2. The molecule has 3 rings (SSSR count). The van der Waals surface area contributed by atoms with Crippen LogP contribution in [0.3, 0.4) is 0 Å². The summed E-state index contributed by atoms with van der Waals surface area (Å²) in [7, 11) is 4.74. The monoisotopic (exact) mass is 412 g/mol. The zero-order valence-electron chi connectivity index (χ0n) is 17.7. The van der Waals surface area contributed by atoms with Gasteiger partial charge in [0.1, 0.15) is 11.5 Å². The average Bonchev–Trinajstić information content (AvgIpc) is 2.79. The second kappa shape index (κ2) is 10.5. The number of unbranched alkanes of at least 4 members (excludes halogenated alkanes) is 3. The van der Waals surface area contributed by atoms with Crippen molar-refractivity contribution in [3.63, 3.8) is 0 Å². The highest BCUT2D eigenvalue weighted by molar-refractivity contribution is 5.89. The number of nitrogens with zero attached hydrogens (tertiary/aromatic N) is 2. The van der Waals surface area contributed by atoms with Crippen molar-refractivity contribution in [1.29, 1.82) is 0 Å². The number of methoxy groups -OCH3 is 3. The molecule has 0 aliphatic carbocycles. The van der Waals surface area contributed by atoms with E-state index >= 15 is 0 Å². The molecule has 30 heavy (non-hydrogen) atoms. The molecule has 0 spiro atoms. The molecule has 0 aliphatic rings. The minimum Gasteiger partial charge on any atom is -0.497 e. The van der Waals surface area contributed by atoms with E-state index in [1.807, 2.05) is 30.3 Å². The Labute approximate surface area is 176 Å². The van der Waals surface area contributed by atoms with Gasteiger partial charge < -0.3 is 18.9 Å². The zero-order chi connectivity index (χ0) is 21.3. The first kappa shape index (κ1) is 21.5. The van der Waals surface area contributed by atoms with Gasteiger partial charge >= 0.3 is 0 Å². The Balaban J connectivity index is 1.48. The van der Waals surface area contributed by atoms with E-state index in [0.29, 0.717) is 30.0 Å². The first-order chi connectivity index (χ1) is 14.7. The van der Waals surface area contributed by atoms with Crippen molar-refractivity contribution in [3.8, 4) is 23.0 Å². The van der Waals surface area contributed by atoms with E-state index in [4.69, 9.17) is 18.9 Å². The molecule has 7 nitrogen and oxygen atoms in total. The van der Waals surface area contributed by atoms with E-state index in [1.54, 1.807) is 26.5 Å². The predicted molar refractivity (Wildman–Crippen MR) is 116 cm³/mol. The van der Waals surface area contributed by atoms with Gasteiger partial charge in [-0.1, -0.05) is 6.42 Å². The highest BCUT2D eigenvalue weighted by Crippen LogP contribution is 2.32. The number of rotatable bonds is 11. The number of hydrogen-bond donors (Lipinski definition) is 0. The van der Waals surface area contributed by atoms with Crippen molar-refractivity contribution in [2.24, 2.45) is 0 Å². The Hall–Kier alpha value is -3.22. The molecule has 0 fully saturated rings. The number of aromatic nitrogens is 2. The number of fused-ring (bicyclic) bond motifs is 1. The topological polar surface area (TPSA) is 71.8 Å². The molecule has 1 heterocycles. The van der Waals surface area contributed by atoms with Crippen LogP contribution in [0.4, 0.5) is 0 Å². The molecule has 0 saturated carbocycles. The van der Waals surface area contributed by atoms with Crippen molar-refractivity contribution in [2.75, 3.05) is 27.9 Å². The molecule has 7 heteroatoms. The molecule has 3 aromatic rings. The number of ether oxygens (including phenoxy) is 4. The molecule has 2 aromatic carbocycles. The Morgan fingerprint density at radius 1 is 0.833 bits per heavy atom. The lowest BCUT2D eigenvalue weighted by molar-refractivity contribution is 0.303. The average molecular weight is 412 g/mol. The number of aryl methyl sites for hydroxylation is 1. The van der Waals surface area contributed by atoms with Gasteiger partial charge in [0.25, 0.3) is 5.56 Å². The van der Waals surface area contributed by atoms with Gasteiger partial charge in [-0.2, -0.15) is 5.10 Å². The third-order valence-corrected chi connectivity index (χ3v) is 4.95. The summed E-state index contributed by atoms with van der Waals surface area (Å²) in [5.41, 5.74) is -0.161. The molecule has 0 saturated heterocycles. The normalized spacial score (nSPS) is 10.8. The number of hydrogen-bond acceptors (Lipinski definition) is 6. The quantitative estimate of drug-likeness (QED) is 0.442. The fourth-order valence-electron chi connectivity index (χ4n) is 3.32. The third-order valence-electron chi connectivity index (χ3n) is 4.95. The van der Waals surface area contributed by atoms with Crippen molar-refractivity contribution in [3.05, 3.63) is 52.9 Å². The predicted octanol–water partition coefficient (Wildman–Crippen LogP) is 4.06. The van der Waals surface area contributed by atoms with Gasteiger partial charge in [0.15, 0.2) is 11.5 Å². The van der Waals surface area contributed by atoms with Crippen LogP contribution >= 0.6 is 0 Å². The lowest BCUT2D eigenvalue weighted by Gasteiger charge is -2.12. The molecule has 0 amide bonds.